The van der Waals surface area contributed by atoms with Crippen molar-refractivity contribution >= 4 is 24.0 Å². The van der Waals surface area contributed by atoms with E-state index in [4.69, 9.17) is 9.47 Å². The van der Waals surface area contributed by atoms with Crippen LogP contribution in [0.1, 0.15) is 36.1 Å². The number of carbonyl (C=O) groups is 1. The van der Waals surface area contributed by atoms with Crippen molar-refractivity contribution in [1.29, 1.82) is 0 Å². The van der Waals surface area contributed by atoms with E-state index in [1.807, 2.05) is 58.0 Å². The molecule has 6 nitrogen and oxygen atoms in total. The number of halogens is 1. The Labute approximate surface area is 198 Å². The average Bonchev–Trinajstić information content (AvgIpc) is 2.71. The second-order valence-electron chi connectivity index (χ2n) is 7.95. The molecule has 0 saturated carbocycles. The number of nitrogens with one attached hydrogen (secondary N) is 1. The van der Waals surface area contributed by atoms with Crippen molar-refractivity contribution in [2.24, 2.45) is 0 Å². The van der Waals surface area contributed by atoms with E-state index in [1.54, 1.807) is 0 Å². The number of amides is 1. The summed E-state index contributed by atoms with van der Waals surface area (Å²) in [6.45, 7) is 14.5. The van der Waals surface area contributed by atoms with E-state index in [2.05, 4.69) is 24.1 Å². The van der Waals surface area contributed by atoms with Crippen LogP contribution in [0.2, 0.25) is 0 Å². The van der Waals surface area contributed by atoms with Gasteiger partial charge in [-0.15, -0.1) is 12.4 Å². The van der Waals surface area contributed by atoms with Gasteiger partial charge in [-0.2, -0.15) is 0 Å². The fourth-order valence-electron chi connectivity index (χ4n) is 3.62. The summed E-state index contributed by atoms with van der Waals surface area (Å²) in [5, 5.41) is 13.1. The highest BCUT2D eigenvalue weighted by Crippen LogP contribution is 2.28. The number of benzene rings is 2. The molecule has 178 valence electrons. The van der Waals surface area contributed by atoms with E-state index in [-0.39, 0.29) is 31.5 Å². The highest BCUT2D eigenvalue weighted by molar-refractivity contribution is 5.92. The summed E-state index contributed by atoms with van der Waals surface area (Å²) in [6, 6.07) is 9.64. The smallest absolute Gasteiger partial charge is 0.262 e. The number of nitrogens with zero attached hydrogens (tertiary/aromatic N) is 1. The van der Waals surface area contributed by atoms with Gasteiger partial charge in [0.15, 0.2) is 6.61 Å². The highest BCUT2D eigenvalue weighted by Gasteiger charge is 2.14. The SMILES string of the molecule is CCN(CC)CC(O)COc1c(C)cc(NC(=O)COc2c(C)cccc2C)cc1C.Cl. The number of para-hydroxylation sites is 1. The molecule has 0 aliphatic carbocycles. The largest absolute Gasteiger partial charge is 0.490 e. The number of likely N-dealkylation sites (N-methyl/N-ethyl adjacent to an activating group) is 1. The summed E-state index contributed by atoms with van der Waals surface area (Å²) in [5.74, 6) is 1.27. The summed E-state index contributed by atoms with van der Waals surface area (Å²) >= 11 is 0. The molecule has 1 unspecified atom stereocenters. The van der Waals surface area contributed by atoms with Crippen molar-refractivity contribution in [1.82, 2.24) is 4.90 Å². The Hall–Kier alpha value is -2.28. The van der Waals surface area contributed by atoms with E-state index in [0.29, 0.717) is 12.2 Å². The first-order valence-electron chi connectivity index (χ1n) is 10.9. The fraction of sp³-hybridized carbons (Fsp3) is 0.480. The Balaban J connectivity index is 0.00000512. The molecule has 0 bridgehead atoms. The third-order valence-electron chi connectivity index (χ3n) is 5.28. The van der Waals surface area contributed by atoms with Crippen molar-refractivity contribution < 1.29 is 19.4 Å². The first kappa shape index (κ1) is 27.8. The van der Waals surface area contributed by atoms with Gasteiger partial charge in [0.25, 0.3) is 5.91 Å². The molecule has 0 fully saturated rings. The van der Waals surface area contributed by atoms with Gasteiger partial charge in [-0.05, 0) is 75.2 Å². The lowest BCUT2D eigenvalue weighted by atomic mass is 10.1. The zero-order chi connectivity index (χ0) is 23.0. The lowest BCUT2D eigenvalue weighted by molar-refractivity contribution is -0.118. The Morgan fingerprint density at radius 1 is 0.969 bits per heavy atom. The summed E-state index contributed by atoms with van der Waals surface area (Å²) in [4.78, 5) is 14.5. The maximum absolute atomic E-state index is 12.4. The number of hydrogen-bond donors (Lipinski definition) is 2. The Morgan fingerprint density at radius 3 is 2.03 bits per heavy atom. The topological polar surface area (TPSA) is 71.0 Å². The van der Waals surface area contributed by atoms with Crippen molar-refractivity contribution in [2.75, 3.05) is 38.2 Å². The first-order chi connectivity index (χ1) is 14.7. The van der Waals surface area contributed by atoms with Crippen LogP contribution >= 0.6 is 12.4 Å². The van der Waals surface area contributed by atoms with Crippen LogP contribution in [-0.2, 0) is 4.79 Å². The van der Waals surface area contributed by atoms with Gasteiger partial charge in [-0.1, -0.05) is 32.0 Å². The highest BCUT2D eigenvalue weighted by atomic mass is 35.5. The fourth-order valence-corrected chi connectivity index (χ4v) is 3.62. The molecule has 0 spiro atoms. The number of rotatable bonds is 11. The molecule has 0 radical (unpaired) electrons. The molecule has 1 amide bonds. The van der Waals surface area contributed by atoms with E-state index < -0.39 is 6.10 Å². The second kappa shape index (κ2) is 13.3. The maximum Gasteiger partial charge on any atom is 0.262 e. The summed E-state index contributed by atoms with van der Waals surface area (Å²) < 4.78 is 11.6. The van der Waals surface area contributed by atoms with Gasteiger partial charge >= 0.3 is 0 Å². The molecule has 7 heteroatoms. The Morgan fingerprint density at radius 2 is 1.50 bits per heavy atom. The van der Waals surface area contributed by atoms with Crippen molar-refractivity contribution in [3.05, 3.63) is 52.6 Å². The van der Waals surface area contributed by atoms with Crippen LogP contribution < -0.4 is 14.8 Å². The number of carbonyl (C=O) groups excluding carboxylic acids is 1. The molecule has 0 aromatic heterocycles. The molecule has 2 N–H and O–H groups in total. The number of anilines is 1. The van der Waals surface area contributed by atoms with Crippen LogP contribution in [0.5, 0.6) is 11.5 Å². The molecular formula is C25H37ClN2O4. The molecule has 2 rings (SSSR count). The predicted molar refractivity (Wildman–Crippen MR) is 132 cm³/mol. The van der Waals surface area contributed by atoms with Crippen LogP contribution in [0.3, 0.4) is 0 Å². The zero-order valence-corrected chi connectivity index (χ0v) is 20.8. The van der Waals surface area contributed by atoms with Crippen LogP contribution in [0, 0.1) is 27.7 Å². The lowest BCUT2D eigenvalue weighted by Crippen LogP contribution is -2.35. The van der Waals surface area contributed by atoms with Gasteiger partial charge in [0.05, 0.1) is 0 Å². The van der Waals surface area contributed by atoms with Crippen LogP contribution in [0.15, 0.2) is 30.3 Å². The monoisotopic (exact) mass is 464 g/mol. The molecule has 1 atom stereocenters. The second-order valence-corrected chi connectivity index (χ2v) is 7.95. The number of aliphatic hydroxyl groups excluding tert-OH is 1. The van der Waals surface area contributed by atoms with E-state index in [9.17, 15) is 9.90 Å². The minimum atomic E-state index is -0.555. The molecule has 0 aliphatic rings. The third kappa shape index (κ3) is 8.01. The third-order valence-corrected chi connectivity index (χ3v) is 5.28. The molecule has 2 aromatic carbocycles. The molecule has 32 heavy (non-hydrogen) atoms. The van der Waals surface area contributed by atoms with Crippen LogP contribution in [0.25, 0.3) is 0 Å². The zero-order valence-electron chi connectivity index (χ0n) is 20.0. The number of hydrogen-bond acceptors (Lipinski definition) is 5. The predicted octanol–water partition coefficient (Wildman–Crippen LogP) is 4.44. The standard InChI is InChI=1S/C25H36N2O4.ClH/c1-7-27(8-2)14-22(28)15-30-25-19(5)12-21(13-20(25)6)26-23(29)16-31-24-17(3)10-9-11-18(24)4;/h9-13,22,28H,7-8,14-16H2,1-6H3,(H,26,29);1H. The van der Waals surface area contributed by atoms with Crippen LogP contribution in [-0.4, -0.2) is 54.9 Å². The average molecular weight is 465 g/mol. The quantitative estimate of drug-likeness (QED) is 0.514. The van der Waals surface area contributed by atoms with Crippen molar-refractivity contribution in [3.63, 3.8) is 0 Å². The van der Waals surface area contributed by atoms with Gasteiger partial charge in [-0.25, -0.2) is 0 Å². The Kier molecular flexibility index (Phi) is 11.5. The Bertz CT molecular complexity index is 841. The first-order valence-corrected chi connectivity index (χ1v) is 10.9. The van der Waals surface area contributed by atoms with Crippen molar-refractivity contribution in [3.8, 4) is 11.5 Å². The molecule has 0 aliphatic heterocycles. The minimum Gasteiger partial charge on any atom is -0.490 e. The van der Waals surface area contributed by atoms with Gasteiger partial charge in [0.1, 0.15) is 24.2 Å². The summed E-state index contributed by atoms with van der Waals surface area (Å²) in [6.07, 6.45) is -0.555. The summed E-state index contributed by atoms with van der Waals surface area (Å²) in [7, 11) is 0. The van der Waals surface area contributed by atoms with Gasteiger partial charge in [-0.3, -0.25) is 4.79 Å². The van der Waals surface area contributed by atoms with E-state index in [1.165, 1.54) is 0 Å². The molecular weight excluding hydrogens is 428 g/mol. The minimum absolute atomic E-state index is 0. The normalized spacial score (nSPS) is 11.6. The number of aryl methyl sites for hydroxylation is 4. The van der Waals surface area contributed by atoms with Crippen molar-refractivity contribution in [2.45, 2.75) is 47.6 Å². The van der Waals surface area contributed by atoms with E-state index in [0.717, 1.165) is 46.8 Å². The van der Waals surface area contributed by atoms with Gasteiger partial charge < -0.3 is 24.8 Å². The molecule has 2 aromatic rings. The maximum atomic E-state index is 12.4. The number of ether oxygens (including phenoxy) is 2. The molecule has 0 saturated heterocycles. The molecule has 0 heterocycles. The van der Waals surface area contributed by atoms with Crippen LogP contribution in [0.4, 0.5) is 5.69 Å². The number of aliphatic hydroxyl groups is 1. The van der Waals surface area contributed by atoms with E-state index >= 15 is 0 Å². The van der Waals surface area contributed by atoms with Gasteiger partial charge in [0.2, 0.25) is 0 Å². The summed E-state index contributed by atoms with van der Waals surface area (Å²) in [5.41, 5.74) is 4.51. The lowest BCUT2D eigenvalue weighted by Gasteiger charge is -2.23. The van der Waals surface area contributed by atoms with Gasteiger partial charge in [0, 0.05) is 12.2 Å².